The molecule has 0 bridgehead atoms. The Morgan fingerprint density at radius 1 is 1.58 bits per heavy atom. The van der Waals surface area contributed by atoms with Crippen LogP contribution in [0.3, 0.4) is 0 Å². The molecule has 0 saturated carbocycles. The second-order valence-corrected chi connectivity index (χ2v) is 5.01. The Morgan fingerprint density at radius 2 is 2.37 bits per heavy atom. The first kappa shape index (κ1) is 13.6. The number of carboxylic acid groups (broad SMARTS) is 1. The van der Waals surface area contributed by atoms with Crippen LogP contribution >= 0.6 is 0 Å². The smallest absolute Gasteiger partial charge is 0.303 e. The van der Waals surface area contributed by atoms with Crippen LogP contribution in [0.25, 0.3) is 0 Å². The van der Waals surface area contributed by atoms with Crippen molar-refractivity contribution >= 4 is 11.9 Å². The SMILES string of the molecule is Cc1cc(C(=O)N2CCC[C@@H](CCC(=O)O)C2)no1. The molecule has 1 fully saturated rings. The van der Waals surface area contributed by atoms with Crippen LogP contribution in [0.5, 0.6) is 0 Å². The average molecular weight is 266 g/mol. The van der Waals surface area contributed by atoms with Crippen molar-refractivity contribution in [3.63, 3.8) is 0 Å². The number of carbonyl (C=O) groups excluding carboxylic acids is 1. The number of piperidine rings is 1. The number of aliphatic carboxylic acids is 1. The third-order valence-corrected chi connectivity index (χ3v) is 3.42. The van der Waals surface area contributed by atoms with Crippen molar-refractivity contribution in [1.82, 2.24) is 10.1 Å². The lowest BCUT2D eigenvalue weighted by molar-refractivity contribution is -0.137. The third-order valence-electron chi connectivity index (χ3n) is 3.42. The van der Waals surface area contributed by atoms with E-state index in [1.165, 1.54) is 0 Å². The van der Waals surface area contributed by atoms with E-state index in [0.29, 0.717) is 31.0 Å². The lowest BCUT2D eigenvalue weighted by Gasteiger charge is -2.32. The first-order chi connectivity index (χ1) is 9.06. The second kappa shape index (κ2) is 5.86. The van der Waals surface area contributed by atoms with Gasteiger partial charge < -0.3 is 14.5 Å². The summed E-state index contributed by atoms with van der Waals surface area (Å²) in [5, 5.41) is 12.4. The number of aromatic nitrogens is 1. The fourth-order valence-corrected chi connectivity index (χ4v) is 2.44. The van der Waals surface area contributed by atoms with Crippen molar-refractivity contribution < 1.29 is 19.2 Å². The molecule has 1 amide bonds. The van der Waals surface area contributed by atoms with Gasteiger partial charge in [0.1, 0.15) is 5.76 Å². The van der Waals surface area contributed by atoms with Crippen LogP contribution in [0.2, 0.25) is 0 Å². The number of rotatable bonds is 4. The van der Waals surface area contributed by atoms with Crippen LogP contribution in [0, 0.1) is 12.8 Å². The van der Waals surface area contributed by atoms with Gasteiger partial charge in [-0.25, -0.2) is 0 Å². The molecule has 1 aliphatic heterocycles. The molecule has 6 heteroatoms. The Kier molecular flexibility index (Phi) is 4.19. The van der Waals surface area contributed by atoms with E-state index < -0.39 is 5.97 Å². The summed E-state index contributed by atoms with van der Waals surface area (Å²) in [4.78, 5) is 24.5. The van der Waals surface area contributed by atoms with Crippen molar-refractivity contribution in [2.24, 2.45) is 5.92 Å². The van der Waals surface area contributed by atoms with E-state index in [2.05, 4.69) is 5.16 Å². The van der Waals surface area contributed by atoms with Crippen molar-refractivity contribution in [2.75, 3.05) is 13.1 Å². The minimum atomic E-state index is -0.782. The normalized spacial score (nSPS) is 19.4. The first-order valence-corrected chi connectivity index (χ1v) is 6.50. The molecule has 2 heterocycles. The predicted molar refractivity (Wildman–Crippen MR) is 66.7 cm³/mol. The Labute approximate surface area is 111 Å². The molecule has 2 rings (SSSR count). The molecule has 1 atom stereocenters. The van der Waals surface area contributed by atoms with Gasteiger partial charge in [-0.2, -0.15) is 0 Å². The lowest BCUT2D eigenvalue weighted by Crippen LogP contribution is -2.40. The summed E-state index contributed by atoms with van der Waals surface area (Å²) in [5.74, 6) is -0.0305. The fourth-order valence-electron chi connectivity index (χ4n) is 2.44. The van der Waals surface area contributed by atoms with Crippen LogP contribution in [-0.4, -0.2) is 40.1 Å². The predicted octanol–water partition coefficient (Wildman–Crippen LogP) is 1.70. The van der Waals surface area contributed by atoms with E-state index in [4.69, 9.17) is 9.63 Å². The van der Waals surface area contributed by atoms with Crippen molar-refractivity contribution in [2.45, 2.75) is 32.6 Å². The van der Waals surface area contributed by atoms with Gasteiger partial charge in [-0.15, -0.1) is 0 Å². The fraction of sp³-hybridized carbons (Fsp3) is 0.615. The monoisotopic (exact) mass is 266 g/mol. The number of nitrogens with zero attached hydrogens (tertiary/aromatic N) is 2. The molecule has 0 unspecified atom stereocenters. The highest BCUT2D eigenvalue weighted by atomic mass is 16.5. The molecule has 0 spiro atoms. The summed E-state index contributed by atoms with van der Waals surface area (Å²) in [6.07, 6.45) is 2.68. The zero-order valence-electron chi connectivity index (χ0n) is 11.0. The molecule has 1 aromatic rings. The van der Waals surface area contributed by atoms with Crippen LogP contribution in [0.1, 0.15) is 41.9 Å². The summed E-state index contributed by atoms with van der Waals surface area (Å²) in [6.45, 7) is 3.06. The molecule has 1 aromatic heterocycles. The number of likely N-dealkylation sites (tertiary alicyclic amines) is 1. The Bertz CT molecular complexity index is 469. The summed E-state index contributed by atoms with van der Waals surface area (Å²) < 4.78 is 4.91. The number of amides is 1. The highest BCUT2D eigenvalue weighted by molar-refractivity contribution is 5.92. The zero-order chi connectivity index (χ0) is 13.8. The van der Waals surface area contributed by atoms with Crippen LogP contribution in [0.4, 0.5) is 0 Å². The first-order valence-electron chi connectivity index (χ1n) is 6.50. The van der Waals surface area contributed by atoms with E-state index in [1.54, 1.807) is 17.9 Å². The molecular weight excluding hydrogens is 248 g/mol. The molecule has 0 aromatic carbocycles. The summed E-state index contributed by atoms with van der Waals surface area (Å²) in [7, 11) is 0. The average Bonchev–Trinajstić information content (AvgIpc) is 2.82. The summed E-state index contributed by atoms with van der Waals surface area (Å²) in [5.41, 5.74) is 0.330. The maximum atomic E-state index is 12.2. The van der Waals surface area contributed by atoms with Gasteiger partial charge in [-0.05, 0) is 32.1 Å². The minimum absolute atomic E-state index is 0.128. The Hall–Kier alpha value is -1.85. The number of aryl methyl sites for hydroxylation is 1. The summed E-state index contributed by atoms with van der Waals surface area (Å²) in [6, 6.07) is 1.63. The van der Waals surface area contributed by atoms with Gasteiger partial charge in [-0.3, -0.25) is 9.59 Å². The molecule has 0 aliphatic carbocycles. The Morgan fingerprint density at radius 3 is 3.00 bits per heavy atom. The van der Waals surface area contributed by atoms with Gasteiger partial charge in [0.2, 0.25) is 0 Å². The molecular formula is C13H18N2O4. The van der Waals surface area contributed by atoms with E-state index in [-0.39, 0.29) is 18.2 Å². The quantitative estimate of drug-likeness (QED) is 0.896. The minimum Gasteiger partial charge on any atom is -0.481 e. The molecule has 6 nitrogen and oxygen atoms in total. The molecule has 0 radical (unpaired) electrons. The molecule has 1 aliphatic rings. The number of carbonyl (C=O) groups is 2. The number of hydrogen-bond acceptors (Lipinski definition) is 4. The molecule has 1 saturated heterocycles. The molecule has 19 heavy (non-hydrogen) atoms. The van der Waals surface area contributed by atoms with Gasteiger partial charge in [0.15, 0.2) is 5.69 Å². The highest BCUT2D eigenvalue weighted by Gasteiger charge is 2.26. The topological polar surface area (TPSA) is 83.6 Å². The highest BCUT2D eigenvalue weighted by Crippen LogP contribution is 2.22. The largest absolute Gasteiger partial charge is 0.481 e. The van der Waals surface area contributed by atoms with Gasteiger partial charge in [-0.1, -0.05) is 5.16 Å². The maximum absolute atomic E-state index is 12.2. The van der Waals surface area contributed by atoms with Gasteiger partial charge >= 0.3 is 5.97 Å². The zero-order valence-corrected chi connectivity index (χ0v) is 11.0. The van der Waals surface area contributed by atoms with Crippen molar-refractivity contribution in [3.05, 3.63) is 17.5 Å². The van der Waals surface area contributed by atoms with Crippen LogP contribution in [-0.2, 0) is 4.79 Å². The van der Waals surface area contributed by atoms with Crippen LogP contribution in [0.15, 0.2) is 10.6 Å². The van der Waals surface area contributed by atoms with Crippen molar-refractivity contribution in [3.8, 4) is 0 Å². The maximum Gasteiger partial charge on any atom is 0.303 e. The van der Waals surface area contributed by atoms with Gasteiger partial charge in [0.05, 0.1) is 0 Å². The van der Waals surface area contributed by atoms with E-state index in [1.807, 2.05) is 0 Å². The number of hydrogen-bond donors (Lipinski definition) is 1. The Balaban J connectivity index is 1.93. The van der Waals surface area contributed by atoms with Gasteiger partial charge in [0, 0.05) is 25.6 Å². The van der Waals surface area contributed by atoms with Crippen molar-refractivity contribution in [1.29, 1.82) is 0 Å². The number of carboxylic acids is 1. The van der Waals surface area contributed by atoms with E-state index >= 15 is 0 Å². The molecule has 104 valence electrons. The molecule has 1 N–H and O–H groups in total. The standard InChI is InChI=1S/C13H18N2O4/c1-9-7-11(14-19-9)13(18)15-6-2-3-10(8-15)4-5-12(16)17/h7,10H,2-6,8H2,1H3,(H,16,17)/t10-/m0/s1. The van der Waals surface area contributed by atoms with Crippen LogP contribution < -0.4 is 0 Å². The van der Waals surface area contributed by atoms with Gasteiger partial charge in [0.25, 0.3) is 5.91 Å². The second-order valence-electron chi connectivity index (χ2n) is 5.01. The van der Waals surface area contributed by atoms with E-state index in [9.17, 15) is 9.59 Å². The summed E-state index contributed by atoms with van der Waals surface area (Å²) >= 11 is 0. The third kappa shape index (κ3) is 3.56. The van der Waals surface area contributed by atoms with E-state index in [0.717, 1.165) is 12.8 Å². The lowest BCUT2D eigenvalue weighted by atomic mass is 9.93.